The molecule has 1 amide bonds. The average molecular weight is 504 g/mol. The smallest absolute Gasteiger partial charge is 0.269 e. The fourth-order valence-electron chi connectivity index (χ4n) is 3.25. The molecule has 1 saturated carbocycles. The molecule has 0 saturated heterocycles. The van der Waals surface area contributed by atoms with E-state index in [4.69, 9.17) is 11.6 Å². The zero-order chi connectivity index (χ0) is 24.2. The van der Waals surface area contributed by atoms with Crippen LogP contribution in [-0.4, -0.2) is 29.9 Å². The maximum atomic E-state index is 12.9. The van der Waals surface area contributed by atoms with Gasteiger partial charge >= 0.3 is 6.18 Å². The van der Waals surface area contributed by atoms with Gasteiger partial charge in [-0.1, -0.05) is 37.4 Å². The van der Waals surface area contributed by atoms with Crippen LogP contribution >= 0.6 is 11.6 Å². The van der Waals surface area contributed by atoms with Crippen LogP contribution in [0.5, 0.6) is 0 Å². The molecule has 0 spiro atoms. The third-order valence-electron chi connectivity index (χ3n) is 5.20. The molecule has 11 heteroatoms. The lowest BCUT2D eigenvalue weighted by Crippen LogP contribution is -2.31. The summed E-state index contributed by atoms with van der Waals surface area (Å²) in [5.41, 5.74) is 0.928. The number of hydrogen-bond acceptors (Lipinski definition) is 4. The van der Waals surface area contributed by atoms with Crippen molar-refractivity contribution >= 4 is 33.6 Å². The second kappa shape index (κ2) is 10.3. The lowest BCUT2D eigenvalue weighted by atomic mass is 10.1. The molecule has 1 aromatic heterocycles. The minimum Gasteiger partial charge on any atom is -0.269 e. The zero-order valence-electron chi connectivity index (χ0n) is 18.0. The molecule has 0 unspecified atom stereocenters. The monoisotopic (exact) mass is 503 g/mol. The van der Waals surface area contributed by atoms with Crippen LogP contribution in [0, 0.1) is 0 Å². The maximum Gasteiger partial charge on any atom is 0.416 e. The second-order valence-electron chi connectivity index (χ2n) is 8.06. The highest BCUT2D eigenvalue weighted by Gasteiger charge is 2.31. The van der Waals surface area contributed by atoms with E-state index >= 15 is 0 Å². The summed E-state index contributed by atoms with van der Waals surface area (Å²) in [5.74, 6) is -0.606. The van der Waals surface area contributed by atoms with E-state index in [9.17, 15) is 26.4 Å². The van der Waals surface area contributed by atoms with Crippen LogP contribution in [0.1, 0.15) is 67.5 Å². The van der Waals surface area contributed by atoms with Crippen LogP contribution in [0.25, 0.3) is 6.08 Å². The predicted molar refractivity (Wildman–Crippen MR) is 120 cm³/mol. The summed E-state index contributed by atoms with van der Waals surface area (Å²) in [6.45, 7) is 2.05. The normalized spacial score (nSPS) is 14.7. The van der Waals surface area contributed by atoms with Gasteiger partial charge in [0.05, 0.1) is 29.2 Å². The van der Waals surface area contributed by atoms with Gasteiger partial charge in [0.15, 0.2) is 0 Å². The number of carbonyl (C=O) groups excluding carboxylic acids is 1. The molecule has 6 nitrogen and oxygen atoms in total. The van der Waals surface area contributed by atoms with Crippen molar-refractivity contribution in [3.63, 3.8) is 0 Å². The van der Waals surface area contributed by atoms with Gasteiger partial charge in [-0.25, -0.2) is 13.1 Å². The van der Waals surface area contributed by atoms with Crippen LogP contribution < -0.4 is 4.72 Å². The van der Waals surface area contributed by atoms with Crippen LogP contribution in [0.4, 0.5) is 13.2 Å². The van der Waals surface area contributed by atoms with Gasteiger partial charge in [0.2, 0.25) is 10.0 Å². The third-order valence-corrected chi connectivity index (χ3v) is 6.89. The number of carbonyl (C=O) groups is 1. The lowest BCUT2D eigenvalue weighted by molar-refractivity contribution is -0.137. The molecular weight excluding hydrogens is 479 g/mol. The van der Waals surface area contributed by atoms with Crippen LogP contribution in [-0.2, 0) is 27.5 Å². The molecule has 0 aliphatic heterocycles. The first-order valence-electron chi connectivity index (χ1n) is 10.6. The highest BCUT2D eigenvalue weighted by atomic mass is 35.5. The Bertz CT molecular complexity index is 1140. The van der Waals surface area contributed by atoms with Crippen molar-refractivity contribution in [3.8, 4) is 0 Å². The van der Waals surface area contributed by atoms with Crippen molar-refractivity contribution in [1.29, 1.82) is 0 Å². The molecule has 180 valence electrons. The van der Waals surface area contributed by atoms with Crippen molar-refractivity contribution in [1.82, 2.24) is 14.5 Å². The fraction of sp³-hybridized carbons (Fsp3) is 0.455. The number of amides is 1. The van der Waals surface area contributed by atoms with E-state index in [1.165, 1.54) is 12.1 Å². The molecule has 2 aromatic rings. The minimum atomic E-state index is -4.49. The Kier molecular flexibility index (Phi) is 7.89. The zero-order valence-corrected chi connectivity index (χ0v) is 19.6. The number of halogens is 4. The summed E-state index contributed by atoms with van der Waals surface area (Å²) in [5, 5.41) is 4.47. The molecule has 3 rings (SSSR count). The Morgan fingerprint density at radius 2 is 2.00 bits per heavy atom. The van der Waals surface area contributed by atoms with Crippen LogP contribution in [0.15, 0.2) is 30.3 Å². The Morgan fingerprint density at radius 3 is 2.61 bits per heavy atom. The van der Waals surface area contributed by atoms with E-state index in [1.54, 1.807) is 10.7 Å². The van der Waals surface area contributed by atoms with Gasteiger partial charge in [0.1, 0.15) is 0 Å². The van der Waals surface area contributed by atoms with Gasteiger partial charge in [0.25, 0.3) is 5.91 Å². The molecule has 1 aromatic carbocycles. The van der Waals surface area contributed by atoms with E-state index in [1.807, 2.05) is 11.6 Å². The minimum absolute atomic E-state index is 0.0425. The van der Waals surface area contributed by atoms with Gasteiger partial charge in [0, 0.05) is 17.0 Å². The number of unbranched alkanes of at least 4 members (excludes halogenated alkanes) is 2. The number of alkyl halides is 3. The van der Waals surface area contributed by atoms with Gasteiger partial charge in [-0.3, -0.25) is 9.48 Å². The number of rotatable bonds is 10. The Hall–Kier alpha value is -2.33. The summed E-state index contributed by atoms with van der Waals surface area (Å²) in [6, 6.07) is 4.91. The molecular formula is C22H25ClF3N3O3S. The topological polar surface area (TPSA) is 81.1 Å². The average Bonchev–Trinajstić information content (AvgIpc) is 3.48. The number of aromatic nitrogens is 2. The molecule has 0 bridgehead atoms. The maximum absolute atomic E-state index is 12.9. The van der Waals surface area contributed by atoms with E-state index in [0.717, 1.165) is 49.6 Å². The molecule has 33 heavy (non-hydrogen) atoms. The third kappa shape index (κ3) is 7.33. The summed E-state index contributed by atoms with van der Waals surface area (Å²) in [6.07, 6.45) is 2.10. The van der Waals surface area contributed by atoms with Gasteiger partial charge in [-0.2, -0.15) is 18.3 Å². The van der Waals surface area contributed by atoms with Crippen molar-refractivity contribution in [2.24, 2.45) is 0 Å². The van der Waals surface area contributed by atoms with Crippen molar-refractivity contribution in [2.75, 3.05) is 5.75 Å². The van der Waals surface area contributed by atoms with Gasteiger partial charge < -0.3 is 0 Å². The fourth-order valence-corrected chi connectivity index (χ4v) is 4.55. The predicted octanol–water partition coefficient (Wildman–Crippen LogP) is 5.13. The SMILES string of the molecule is CCCCCS(=O)(=O)NC(=O)C=Cc1cc(C2CC2)nn1Cc1ccc(C(F)(F)F)cc1Cl. The molecule has 1 N–H and O–H groups in total. The van der Waals surface area contributed by atoms with Crippen molar-refractivity contribution < 1.29 is 26.4 Å². The largest absolute Gasteiger partial charge is 0.416 e. The number of sulfonamides is 1. The van der Waals surface area contributed by atoms with Crippen LogP contribution in [0.2, 0.25) is 5.02 Å². The summed E-state index contributed by atoms with van der Waals surface area (Å²) in [4.78, 5) is 12.1. The van der Waals surface area contributed by atoms with Crippen molar-refractivity contribution in [2.45, 2.75) is 57.7 Å². The summed E-state index contributed by atoms with van der Waals surface area (Å²) < 4.78 is 66.3. The molecule has 0 radical (unpaired) electrons. The van der Waals surface area contributed by atoms with Crippen LogP contribution in [0.3, 0.4) is 0 Å². The highest BCUT2D eigenvalue weighted by Crippen LogP contribution is 2.40. The quantitative estimate of drug-likeness (QED) is 0.360. The van der Waals surface area contributed by atoms with E-state index in [0.29, 0.717) is 23.6 Å². The van der Waals surface area contributed by atoms with Gasteiger partial charge in [-0.05, 0) is 49.1 Å². The van der Waals surface area contributed by atoms with E-state index in [-0.39, 0.29) is 17.3 Å². The van der Waals surface area contributed by atoms with Gasteiger partial charge in [-0.15, -0.1) is 0 Å². The highest BCUT2D eigenvalue weighted by molar-refractivity contribution is 7.90. The Labute approximate surface area is 195 Å². The number of benzene rings is 1. The summed E-state index contributed by atoms with van der Waals surface area (Å²) in [7, 11) is -3.72. The Morgan fingerprint density at radius 1 is 1.27 bits per heavy atom. The summed E-state index contributed by atoms with van der Waals surface area (Å²) >= 11 is 6.08. The molecule has 1 aliphatic carbocycles. The standard InChI is InChI=1S/C22H25ClF3N3O3S/c1-2-3-4-11-33(31,32)28-21(30)10-9-18-13-20(15-5-6-15)27-29(18)14-16-7-8-17(12-19(16)23)22(24,25)26/h7-10,12-13,15H,2-6,11,14H2,1H3,(H,28,30). The number of nitrogens with zero attached hydrogens (tertiary/aromatic N) is 2. The first-order valence-corrected chi connectivity index (χ1v) is 12.7. The number of nitrogens with one attached hydrogen (secondary N) is 1. The van der Waals surface area contributed by atoms with Crippen molar-refractivity contribution in [3.05, 3.63) is 57.9 Å². The van der Waals surface area contributed by atoms with E-state index in [2.05, 4.69) is 5.10 Å². The molecule has 1 fully saturated rings. The second-order valence-corrected chi connectivity index (χ2v) is 10.3. The Balaban J connectivity index is 1.76. The first kappa shape index (κ1) is 25.3. The number of hydrogen-bond donors (Lipinski definition) is 1. The first-order chi connectivity index (χ1) is 15.5. The van der Waals surface area contributed by atoms with E-state index < -0.39 is 27.7 Å². The molecule has 0 atom stereocenters. The molecule has 1 heterocycles. The molecule has 1 aliphatic rings. The lowest BCUT2D eigenvalue weighted by Gasteiger charge is -2.11.